The average molecular weight is 150 g/mol. The second kappa shape index (κ2) is 3.05. The molecule has 0 saturated heterocycles. The molecule has 0 bridgehead atoms. The molecule has 0 aromatic heterocycles. The molecule has 3 heteroatoms. The van der Waals surface area contributed by atoms with Crippen molar-refractivity contribution in [1.82, 2.24) is 10.6 Å². The zero-order chi connectivity index (χ0) is 8.27. The third-order valence-corrected chi connectivity index (χ3v) is 1.40. The average Bonchev–Trinajstić information content (AvgIpc) is 2.04. The summed E-state index contributed by atoms with van der Waals surface area (Å²) < 4.78 is 0. The fraction of sp³-hybridized carbons (Fsp3) is 0.125. The van der Waals surface area contributed by atoms with Crippen molar-refractivity contribution in [2.24, 2.45) is 0 Å². The van der Waals surface area contributed by atoms with Crippen LogP contribution in [0.5, 0.6) is 0 Å². The lowest BCUT2D eigenvalue weighted by molar-refractivity contribution is -0.116. The van der Waals surface area contributed by atoms with Crippen molar-refractivity contribution >= 4 is 5.91 Å². The molecule has 1 aliphatic heterocycles. The maximum atomic E-state index is 11.1. The van der Waals surface area contributed by atoms with Crippen molar-refractivity contribution in [2.75, 3.05) is 0 Å². The Hall–Kier alpha value is -1.51. The summed E-state index contributed by atoms with van der Waals surface area (Å²) in [6.45, 7) is 5.34. The molecule has 0 aromatic rings. The Morgan fingerprint density at radius 2 is 2.36 bits per heavy atom. The monoisotopic (exact) mass is 150 g/mol. The highest BCUT2D eigenvalue weighted by molar-refractivity contribution is 5.97. The summed E-state index contributed by atoms with van der Waals surface area (Å²) in [5, 5.41) is 5.53. The zero-order valence-electron chi connectivity index (χ0n) is 6.35. The minimum absolute atomic E-state index is 0.119. The van der Waals surface area contributed by atoms with E-state index in [0.29, 0.717) is 11.4 Å². The van der Waals surface area contributed by atoms with E-state index in [1.54, 1.807) is 12.3 Å². The second-order valence-electron chi connectivity index (χ2n) is 2.10. The topological polar surface area (TPSA) is 41.1 Å². The van der Waals surface area contributed by atoms with Crippen LogP contribution in [0.1, 0.15) is 6.92 Å². The second-order valence-corrected chi connectivity index (χ2v) is 2.10. The van der Waals surface area contributed by atoms with Gasteiger partial charge in [-0.05, 0) is 13.0 Å². The molecule has 1 amide bonds. The summed E-state index contributed by atoms with van der Waals surface area (Å²) in [5.74, 6) is 0.590. The van der Waals surface area contributed by atoms with E-state index in [-0.39, 0.29) is 5.91 Å². The van der Waals surface area contributed by atoms with Crippen molar-refractivity contribution in [3.63, 3.8) is 0 Å². The van der Waals surface area contributed by atoms with Crippen LogP contribution in [0, 0.1) is 0 Å². The Bertz CT molecular complexity index is 251. The summed E-state index contributed by atoms with van der Waals surface area (Å²) in [6, 6.07) is 0. The van der Waals surface area contributed by atoms with E-state index in [1.165, 1.54) is 6.08 Å². The third kappa shape index (κ3) is 1.49. The van der Waals surface area contributed by atoms with Crippen LogP contribution in [0.15, 0.2) is 36.3 Å². The molecule has 0 atom stereocenters. The molecule has 0 aromatic carbocycles. The summed E-state index contributed by atoms with van der Waals surface area (Å²) in [5.41, 5.74) is 0.551. The van der Waals surface area contributed by atoms with Crippen molar-refractivity contribution in [3.05, 3.63) is 36.3 Å². The normalized spacial score (nSPS) is 20.3. The molecular formula is C8H10N2O. The van der Waals surface area contributed by atoms with Gasteiger partial charge >= 0.3 is 0 Å². The van der Waals surface area contributed by atoms with Gasteiger partial charge in [-0.15, -0.1) is 0 Å². The third-order valence-electron chi connectivity index (χ3n) is 1.40. The molecule has 0 fully saturated rings. The number of amides is 1. The predicted molar refractivity (Wildman–Crippen MR) is 43.3 cm³/mol. The van der Waals surface area contributed by atoms with Crippen molar-refractivity contribution in [1.29, 1.82) is 0 Å². The molecule has 3 nitrogen and oxygen atoms in total. The van der Waals surface area contributed by atoms with Crippen molar-refractivity contribution < 1.29 is 4.79 Å². The molecule has 1 rings (SSSR count). The summed E-state index contributed by atoms with van der Waals surface area (Å²) in [7, 11) is 0. The van der Waals surface area contributed by atoms with E-state index in [9.17, 15) is 4.79 Å². The van der Waals surface area contributed by atoms with Crippen LogP contribution >= 0.6 is 0 Å². The highest BCUT2D eigenvalue weighted by Gasteiger charge is 2.11. The van der Waals surface area contributed by atoms with Gasteiger partial charge in [-0.25, -0.2) is 0 Å². The van der Waals surface area contributed by atoms with Crippen molar-refractivity contribution in [3.8, 4) is 0 Å². The van der Waals surface area contributed by atoms with E-state index in [1.807, 2.05) is 6.92 Å². The minimum Gasteiger partial charge on any atom is -0.348 e. The van der Waals surface area contributed by atoms with Crippen LogP contribution in [0.4, 0.5) is 0 Å². The molecule has 1 heterocycles. The largest absolute Gasteiger partial charge is 0.348 e. The maximum Gasteiger partial charge on any atom is 0.258 e. The first-order chi connectivity index (χ1) is 5.27. The lowest BCUT2D eigenvalue weighted by atomic mass is 10.2. The SMILES string of the molecule is C=CC1=CNC(=CC)NC1=O. The summed E-state index contributed by atoms with van der Waals surface area (Å²) >= 11 is 0. The fourth-order valence-electron chi connectivity index (χ4n) is 0.759. The van der Waals surface area contributed by atoms with Gasteiger partial charge in [0.25, 0.3) is 5.91 Å². The number of rotatable bonds is 1. The van der Waals surface area contributed by atoms with Gasteiger partial charge in [0.15, 0.2) is 0 Å². The van der Waals surface area contributed by atoms with Crippen LogP contribution in [0.3, 0.4) is 0 Å². The minimum atomic E-state index is -0.119. The van der Waals surface area contributed by atoms with Crippen LogP contribution in [0.2, 0.25) is 0 Å². The molecule has 11 heavy (non-hydrogen) atoms. The Morgan fingerprint density at radius 3 is 2.82 bits per heavy atom. The molecule has 0 unspecified atom stereocenters. The summed E-state index contributed by atoms with van der Waals surface area (Å²) in [4.78, 5) is 11.1. The van der Waals surface area contributed by atoms with E-state index in [4.69, 9.17) is 0 Å². The quantitative estimate of drug-likeness (QED) is 0.575. The molecule has 2 N–H and O–H groups in total. The molecule has 0 saturated carbocycles. The number of nitrogens with one attached hydrogen (secondary N) is 2. The lowest BCUT2D eigenvalue weighted by Gasteiger charge is -2.15. The Kier molecular flexibility index (Phi) is 2.11. The number of allylic oxidation sites excluding steroid dienone is 1. The van der Waals surface area contributed by atoms with Gasteiger partial charge in [-0.2, -0.15) is 0 Å². The van der Waals surface area contributed by atoms with Gasteiger partial charge in [-0.1, -0.05) is 12.7 Å². The van der Waals surface area contributed by atoms with E-state index in [0.717, 1.165) is 0 Å². The summed E-state index contributed by atoms with van der Waals surface area (Å²) in [6.07, 6.45) is 4.92. The van der Waals surface area contributed by atoms with Gasteiger partial charge in [0.05, 0.1) is 5.57 Å². The Morgan fingerprint density at radius 1 is 1.64 bits per heavy atom. The zero-order valence-corrected chi connectivity index (χ0v) is 6.35. The highest BCUT2D eigenvalue weighted by atomic mass is 16.1. The van der Waals surface area contributed by atoms with Crippen LogP contribution in [0.25, 0.3) is 0 Å². The van der Waals surface area contributed by atoms with E-state index in [2.05, 4.69) is 17.2 Å². The molecule has 58 valence electrons. The van der Waals surface area contributed by atoms with Crippen LogP contribution in [-0.4, -0.2) is 5.91 Å². The maximum absolute atomic E-state index is 11.1. The number of carbonyl (C=O) groups excluding carboxylic acids is 1. The Balaban J connectivity index is 2.84. The number of carbonyl (C=O) groups is 1. The number of hydrogen-bond acceptors (Lipinski definition) is 2. The lowest BCUT2D eigenvalue weighted by Crippen LogP contribution is -2.34. The fourth-order valence-corrected chi connectivity index (χ4v) is 0.759. The van der Waals surface area contributed by atoms with Crippen molar-refractivity contribution in [2.45, 2.75) is 6.92 Å². The molecule has 1 aliphatic rings. The Labute approximate surface area is 65.5 Å². The van der Waals surface area contributed by atoms with E-state index >= 15 is 0 Å². The number of hydrogen-bond donors (Lipinski definition) is 2. The van der Waals surface area contributed by atoms with Gasteiger partial charge < -0.3 is 10.6 Å². The van der Waals surface area contributed by atoms with Crippen LogP contribution < -0.4 is 10.6 Å². The molecule has 0 radical (unpaired) electrons. The molecule has 0 spiro atoms. The van der Waals surface area contributed by atoms with E-state index < -0.39 is 0 Å². The standard InChI is InChI=1S/C8H10N2O/c1-3-6-5-9-7(4-2)10-8(6)11/h3-5,9H,1H2,2H3,(H,10,11). The smallest absolute Gasteiger partial charge is 0.258 e. The van der Waals surface area contributed by atoms with Gasteiger partial charge in [0, 0.05) is 6.20 Å². The first kappa shape index (κ1) is 7.60. The molecule has 0 aliphatic carbocycles. The van der Waals surface area contributed by atoms with Gasteiger partial charge in [0.1, 0.15) is 5.82 Å². The first-order valence-corrected chi connectivity index (χ1v) is 3.34. The van der Waals surface area contributed by atoms with Gasteiger partial charge in [-0.3, -0.25) is 4.79 Å². The van der Waals surface area contributed by atoms with Crippen LogP contribution in [-0.2, 0) is 4.79 Å². The predicted octanol–water partition coefficient (Wildman–Crippen LogP) is 0.637. The first-order valence-electron chi connectivity index (χ1n) is 3.34. The highest BCUT2D eigenvalue weighted by Crippen LogP contribution is 2.01. The van der Waals surface area contributed by atoms with Gasteiger partial charge in [0.2, 0.25) is 0 Å². The molecular weight excluding hydrogens is 140 g/mol.